The number of fused-ring (bicyclic) bond motifs is 1. The number of halogens is 1. The molecule has 54 heavy (non-hydrogen) atoms. The minimum absolute atomic E-state index is 0.161. The molecule has 14 heteroatoms. The topological polar surface area (TPSA) is 157 Å². The van der Waals surface area contributed by atoms with Crippen molar-refractivity contribution in [3.05, 3.63) is 82.0 Å². The number of nitrogens with zero attached hydrogens (tertiary/aromatic N) is 5. The number of ether oxygens (including phenoxy) is 2. The van der Waals surface area contributed by atoms with Gasteiger partial charge in [0, 0.05) is 79.4 Å². The Kier molecular flexibility index (Phi) is 10.0. The van der Waals surface area contributed by atoms with E-state index in [2.05, 4.69) is 59.2 Å². The summed E-state index contributed by atoms with van der Waals surface area (Å²) in [4.78, 5) is 61.3. The number of nitriles is 1. The van der Waals surface area contributed by atoms with Gasteiger partial charge in [0.05, 0.1) is 22.7 Å². The van der Waals surface area contributed by atoms with E-state index < -0.39 is 11.9 Å². The van der Waals surface area contributed by atoms with Crippen LogP contribution < -0.4 is 25.0 Å². The lowest BCUT2D eigenvalue weighted by Crippen LogP contribution is -2.74. The molecule has 1 atom stereocenters. The van der Waals surface area contributed by atoms with Gasteiger partial charge in [0.15, 0.2) is 0 Å². The van der Waals surface area contributed by atoms with Crippen molar-refractivity contribution in [1.82, 2.24) is 25.4 Å². The minimum atomic E-state index is -0.667. The number of nitrogens with one attached hydrogen (secondary N) is 2. The van der Waals surface area contributed by atoms with E-state index in [4.69, 9.17) is 21.1 Å². The van der Waals surface area contributed by atoms with Crippen molar-refractivity contribution in [3.63, 3.8) is 0 Å². The number of rotatable bonds is 10. The molecule has 1 aromatic heterocycles. The number of pyridine rings is 1. The molecular weight excluding hydrogens is 710 g/mol. The van der Waals surface area contributed by atoms with E-state index in [0.717, 1.165) is 37.6 Å². The van der Waals surface area contributed by atoms with Crippen LogP contribution in [0.2, 0.25) is 5.02 Å². The summed E-state index contributed by atoms with van der Waals surface area (Å²) >= 11 is 6.23. The number of amides is 4. The van der Waals surface area contributed by atoms with E-state index in [1.54, 1.807) is 36.5 Å². The molecule has 3 aliphatic heterocycles. The van der Waals surface area contributed by atoms with Gasteiger partial charge in [0.1, 0.15) is 42.1 Å². The molecule has 1 unspecified atom stereocenters. The first-order valence-electron chi connectivity index (χ1n) is 18.3. The van der Waals surface area contributed by atoms with E-state index in [-0.39, 0.29) is 53.7 Å². The number of carbonyl (C=O) groups is 4. The SMILES string of the molecule is CC1(C)C(NC(=O)c2ccc(N3CCN(CCOc4cccc5c4CN(C4CCC(=O)NC4=O)C5=O)CC3)nc2)C(C)(C)C1Oc1ccc(C#N)c(Cl)c1. The summed E-state index contributed by atoms with van der Waals surface area (Å²) in [5, 5.41) is 15.1. The van der Waals surface area contributed by atoms with Crippen LogP contribution in [0.3, 0.4) is 0 Å². The highest BCUT2D eigenvalue weighted by Gasteiger charge is 2.64. The molecule has 1 saturated carbocycles. The zero-order valence-corrected chi connectivity index (χ0v) is 31.6. The number of anilines is 1. The Balaban J connectivity index is 0.876. The Morgan fingerprint density at radius 3 is 2.48 bits per heavy atom. The van der Waals surface area contributed by atoms with E-state index in [0.29, 0.717) is 52.8 Å². The molecule has 1 aliphatic carbocycles. The Bertz CT molecular complexity index is 2010. The van der Waals surface area contributed by atoms with Crippen LogP contribution >= 0.6 is 11.6 Å². The largest absolute Gasteiger partial charge is 0.492 e. The van der Waals surface area contributed by atoms with Crippen LogP contribution in [0.1, 0.15) is 72.4 Å². The number of piperidine rings is 1. The second-order valence-electron chi connectivity index (χ2n) is 15.6. The maximum Gasteiger partial charge on any atom is 0.255 e. The van der Waals surface area contributed by atoms with Gasteiger partial charge < -0.3 is 24.6 Å². The Labute approximate surface area is 319 Å². The third kappa shape index (κ3) is 6.96. The van der Waals surface area contributed by atoms with Crippen LogP contribution in [0.15, 0.2) is 54.7 Å². The number of carbonyl (C=O) groups excluding carboxylic acids is 4. The predicted octanol–water partition coefficient (Wildman–Crippen LogP) is 4.18. The standard InChI is InChI=1S/C40H44ClN7O6/c1-39(2)37(40(3,4)38(39)54-26-10-8-24(21-42)29(41)20-26)45-34(50)25-9-12-32(43-22-25)47-16-14-46(15-17-47)18-19-53-31-7-5-6-27-28(31)23-48(36(27)52)30-11-13-33(49)44-35(30)51/h5-10,12,20,22,30,37-38H,11,13-19,23H2,1-4H3,(H,45,50)(H,44,49,51). The molecule has 4 amide bonds. The Morgan fingerprint density at radius 1 is 1.06 bits per heavy atom. The first-order valence-corrected chi connectivity index (χ1v) is 18.7. The number of aromatic nitrogens is 1. The van der Waals surface area contributed by atoms with Gasteiger partial charge in [-0.1, -0.05) is 45.4 Å². The molecule has 2 N–H and O–H groups in total. The second kappa shape index (κ2) is 14.6. The number of imide groups is 1. The maximum absolute atomic E-state index is 13.4. The minimum Gasteiger partial charge on any atom is -0.492 e. The zero-order chi connectivity index (χ0) is 38.4. The molecule has 282 valence electrons. The quantitative estimate of drug-likeness (QED) is 0.288. The molecule has 2 aromatic carbocycles. The Morgan fingerprint density at radius 2 is 1.81 bits per heavy atom. The highest BCUT2D eigenvalue weighted by atomic mass is 35.5. The molecule has 4 heterocycles. The fourth-order valence-corrected chi connectivity index (χ4v) is 8.91. The zero-order valence-electron chi connectivity index (χ0n) is 30.9. The van der Waals surface area contributed by atoms with Crippen LogP contribution in [0.5, 0.6) is 11.5 Å². The summed E-state index contributed by atoms with van der Waals surface area (Å²) in [5.74, 6) is 0.869. The average Bonchev–Trinajstić information content (AvgIpc) is 3.49. The van der Waals surface area contributed by atoms with Crippen molar-refractivity contribution in [2.75, 3.05) is 44.2 Å². The first kappa shape index (κ1) is 37.1. The molecule has 0 radical (unpaired) electrons. The highest BCUT2D eigenvalue weighted by Crippen LogP contribution is 2.55. The molecule has 2 saturated heterocycles. The van der Waals surface area contributed by atoms with Crippen molar-refractivity contribution in [2.45, 2.75) is 65.3 Å². The van der Waals surface area contributed by atoms with E-state index in [1.807, 2.05) is 18.2 Å². The van der Waals surface area contributed by atoms with Crippen LogP contribution in [-0.4, -0.2) is 95.9 Å². The number of hydrogen-bond donors (Lipinski definition) is 2. The van der Waals surface area contributed by atoms with Gasteiger partial charge >= 0.3 is 0 Å². The lowest BCUT2D eigenvalue weighted by molar-refractivity contribution is -0.164. The van der Waals surface area contributed by atoms with Crippen LogP contribution in [0.25, 0.3) is 0 Å². The smallest absolute Gasteiger partial charge is 0.255 e. The molecule has 0 spiro atoms. The van der Waals surface area contributed by atoms with E-state index >= 15 is 0 Å². The van der Waals surface area contributed by atoms with Crippen LogP contribution in [-0.2, 0) is 16.1 Å². The number of benzene rings is 2. The summed E-state index contributed by atoms with van der Waals surface area (Å²) in [7, 11) is 0. The predicted molar refractivity (Wildman–Crippen MR) is 200 cm³/mol. The number of hydrogen-bond acceptors (Lipinski definition) is 10. The summed E-state index contributed by atoms with van der Waals surface area (Å²) in [6.45, 7) is 12.9. The molecule has 13 nitrogen and oxygen atoms in total. The van der Waals surface area contributed by atoms with Gasteiger partial charge in [-0.3, -0.25) is 29.4 Å². The van der Waals surface area contributed by atoms with E-state index in [9.17, 15) is 24.4 Å². The van der Waals surface area contributed by atoms with Crippen molar-refractivity contribution in [3.8, 4) is 17.6 Å². The molecule has 3 fully saturated rings. The molecule has 7 rings (SSSR count). The monoisotopic (exact) mass is 753 g/mol. The lowest BCUT2D eigenvalue weighted by atomic mass is 9.49. The third-order valence-electron chi connectivity index (χ3n) is 11.3. The van der Waals surface area contributed by atoms with Crippen LogP contribution in [0, 0.1) is 22.2 Å². The highest BCUT2D eigenvalue weighted by molar-refractivity contribution is 6.31. The molecule has 0 bridgehead atoms. The fraction of sp³-hybridized carbons (Fsp3) is 0.450. The third-order valence-corrected chi connectivity index (χ3v) is 11.7. The van der Waals surface area contributed by atoms with Gasteiger partial charge in [-0.25, -0.2) is 4.98 Å². The van der Waals surface area contributed by atoms with Gasteiger partial charge in [-0.2, -0.15) is 5.26 Å². The molecule has 4 aliphatic rings. The first-order chi connectivity index (χ1) is 25.8. The van der Waals surface area contributed by atoms with Gasteiger partial charge in [-0.15, -0.1) is 0 Å². The van der Waals surface area contributed by atoms with Crippen molar-refractivity contribution in [2.24, 2.45) is 10.8 Å². The summed E-state index contributed by atoms with van der Waals surface area (Å²) in [6, 6.07) is 15.4. The second-order valence-corrected chi connectivity index (χ2v) is 16.0. The summed E-state index contributed by atoms with van der Waals surface area (Å²) in [5.41, 5.74) is 1.42. The Hall–Kier alpha value is -5.19. The van der Waals surface area contributed by atoms with Crippen LogP contribution in [0.4, 0.5) is 5.82 Å². The molecular formula is C40H44ClN7O6. The normalized spacial score (nSPS) is 23.2. The van der Waals surface area contributed by atoms with Gasteiger partial charge in [-0.05, 0) is 42.8 Å². The maximum atomic E-state index is 13.4. The molecule has 3 aromatic rings. The number of piperazine rings is 1. The summed E-state index contributed by atoms with van der Waals surface area (Å²) < 4.78 is 12.5. The summed E-state index contributed by atoms with van der Waals surface area (Å²) in [6.07, 6.45) is 1.95. The van der Waals surface area contributed by atoms with Crippen molar-refractivity contribution < 1.29 is 28.7 Å². The van der Waals surface area contributed by atoms with Crippen molar-refractivity contribution in [1.29, 1.82) is 5.26 Å². The lowest BCUT2D eigenvalue weighted by Gasteiger charge is -2.63. The van der Waals surface area contributed by atoms with E-state index in [1.165, 1.54) is 4.90 Å². The van der Waals surface area contributed by atoms with Gasteiger partial charge in [0.25, 0.3) is 11.8 Å². The van der Waals surface area contributed by atoms with Gasteiger partial charge in [0.2, 0.25) is 11.8 Å². The van der Waals surface area contributed by atoms with Crippen molar-refractivity contribution >= 4 is 41.0 Å². The fourth-order valence-electron chi connectivity index (χ4n) is 8.70. The average molecular weight is 754 g/mol.